The van der Waals surface area contributed by atoms with E-state index >= 15 is 0 Å². The van der Waals surface area contributed by atoms with Gasteiger partial charge in [0.05, 0.1) is 10.0 Å². The molecule has 0 saturated carbocycles. The van der Waals surface area contributed by atoms with Crippen LogP contribution in [0.25, 0.3) is 0 Å². The highest BCUT2D eigenvalue weighted by atomic mass is 35.5. The molecule has 0 atom stereocenters. The summed E-state index contributed by atoms with van der Waals surface area (Å²) in [5, 5.41) is 0.204. The fourth-order valence-electron chi connectivity index (χ4n) is 1.31. The lowest BCUT2D eigenvalue weighted by molar-refractivity contribution is 0.108. The molecule has 0 spiro atoms. The summed E-state index contributed by atoms with van der Waals surface area (Å²) < 4.78 is 0. The van der Waals surface area contributed by atoms with Crippen LogP contribution in [0.15, 0.2) is 42.6 Å². The highest BCUT2D eigenvalue weighted by Crippen LogP contribution is 2.23. The summed E-state index contributed by atoms with van der Waals surface area (Å²) in [7, 11) is 0. The van der Waals surface area contributed by atoms with E-state index in [2.05, 4.69) is 4.98 Å². The van der Waals surface area contributed by atoms with Crippen molar-refractivity contribution >= 4 is 40.0 Å². The smallest absolute Gasteiger partial charge is 0.252 e. The average molecular weight is 332 g/mol. The number of carbonyl (C=O) groups is 1. The van der Waals surface area contributed by atoms with E-state index in [1.54, 1.807) is 6.20 Å². The fourth-order valence-corrected chi connectivity index (χ4v) is 1.73. The van der Waals surface area contributed by atoms with Gasteiger partial charge in [-0.15, -0.1) is 0 Å². The molecule has 3 nitrogen and oxygen atoms in total. The number of benzene rings is 1. The molecule has 0 fully saturated rings. The average Bonchev–Trinajstić information content (AvgIpc) is 2.44. The number of carbonyl (C=O) groups excluding carboxylic acids is 1. The van der Waals surface area contributed by atoms with Gasteiger partial charge >= 0.3 is 0 Å². The van der Waals surface area contributed by atoms with Crippen molar-refractivity contribution in [2.75, 3.05) is 6.54 Å². The van der Waals surface area contributed by atoms with Crippen LogP contribution in [-0.4, -0.2) is 16.8 Å². The molecular formula is C14H13Cl3N2O. The zero-order chi connectivity index (χ0) is 15.0. The lowest BCUT2D eigenvalue weighted by atomic mass is 10.2. The van der Waals surface area contributed by atoms with Crippen LogP contribution in [0.4, 0.5) is 0 Å². The van der Waals surface area contributed by atoms with Crippen LogP contribution in [0.2, 0.25) is 10.0 Å². The summed E-state index contributed by atoms with van der Waals surface area (Å²) >= 11 is 16.4. The second-order valence-electron chi connectivity index (χ2n) is 3.76. The first kappa shape index (κ1) is 16.9. The van der Waals surface area contributed by atoms with Gasteiger partial charge in [0.15, 0.2) is 0 Å². The van der Waals surface area contributed by atoms with Crippen LogP contribution in [-0.2, 0) is 6.42 Å². The van der Waals surface area contributed by atoms with Gasteiger partial charge in [0, 0.05) is 23.9 Å². The van der Waals surface area contributed by atoms with Crippen LogP contribution in [0.1, 0.15) is 16.1 Å². The lowest BCUT2D eigenvalue weighted by Crippen LogP contribution is -2.03. The van der Waals surface area contributed by atoms with Crippen molar-refractivity contribution in [2.45, 2.75) is 6.42 Å². The highest BCUT2D eigenvalue weighted by Gasteiger charge is 2.03. The Bertz CT molecular complexity index is 562. The Hall–Kier alpha value is -1.13. The molecular weight excluding hydrogens is 319 g/mol. The van der Waals surface area contributed by atoms with Gasteiger partial charge in [-0.1, -0.05) is 29.3 Å². The number of halogens is 3. The Morgan fingerprint density at radius 2 is 1.90 bits per heavy atom. The highest BCUT2D eigenvalue weighted by molar-refractivity contribution is 6.67. The van der Waals surface area contributed by atoms with Crippen molar-refractivity contribution in [1.82, 2.24) is 4.98 Å². The molecule has 0 aliphatic heterocycles. The van der Waals surface area contributed by atoms with Gasteiger partial charge in [0.1, 0.15) is 0 Å². The maximum absolute atomic E-state index is 10.6. The maximum atomic E-state index is 10.6. The van der Waals surface area contributed by atoms with Crippen molar-refractivity contribution < 1.29 is 4.79 Å². The van der Waals surface area contributed by atoms with E-state index < -0.39 is 5.24 Å². The van der Waals surface area contributed by atoms with Crippen LogP contribution >= 0.6 is 34.8 Å². The Balaban J connectivity index is 0.000000204. The molecule has 0 aliphatic carbocycles. The van der Waals surface area contributed by atoms with E-state index in [0.717, 1.165) is 12.1 Å². The van der Waals surface area contributed by atoms with Crippen molar-refractivity contribution in [3.63, 3.8) is 0 Å². The van der Waals surface area contributed by atoms with E-state index in [4.69, 9.17) is 40.5 Å². The molecule has 1 aromatic carbocycles. The number of nitrogens with two attached hydrogens (primary N) is 1. The number of nitrogens with zero attached hydrogens (tertiary/aromatic N) is 1. The molecule has 1 heterocycles. The summed E-state index contributed by atoms with van der Waals surface area (Å²) in [6, 6.07) is 10.3. The molecule has 2 rings (SSSR count). The third kappa shape index (κ3) is 5.88. The van der Waals surface area contributed by atoms with Crippen molar-refractivity contribution in [1.29, 1.82) is 0 Å². The fraction of sp³-hybridized carbons (Fsp3) is 0.143. The van der Waals surface area contributed by atoms with Gasteiger partial charge in [0.2, 0.25) is 0 Å². The normalized spacial score (nSPS) is 9.60. The number of aromatic nitrogens is 1. The van der Waals surface area contributed by atoms with Gasteiger partial charge < -0.3 is 5.73 Å². The Morgan fingerprint density at radius 1 is 1.15 bits per heavy atom. The largest absolute Gasteiger partial charge is 0.330 e. The van der Waals surface area contributed by atoms with E-state index in [0.29, 0.717) is 22.2 Å². The number of rotatable bonds is 3. The predicted octanol–water partition coefficient (Wildman–Crippen LogP) is 3.96. The zero-order valence-corrected chi connectivity index (χ0v) is 12.8. The third-order valence-electron chi connectivity index (χ3n) is 2.27. The number of hydrogen-bond donors (Lipinski definition) is 1. The molecule has 106 valence electrons. The minimum atomic E-state index is -0.538. The lowest BCUT2D eigenvalue weighted by Gasteiger charge is -1.96. The Morgan fingerprint density at radius 3 is 2.40 bits per heavy atom. The van der Waals surface area contributed by atoms with E-state index in [1.807, 2.05) is 18.2 Å². The first-order chi connectivity index (χ1) is 9.54. The van der Waals surface area contributed by atoms with Crippen LogP contribution in [0.5, 0.6) is 0 Å². The molecule has 0 bridgehead atoms. The maximum Gasteiger partial charge on any atom is 0.252 e. The zero-order valence-electron chi connectivity index (χ0n) is 10.5. The molecule has 6 heteroatoms. The molecule has 0 unspecified atom stereocenters. The molecule has 20 heavy (non-hydrogen) atoms. The molecule has 2 aromatic rings. The summed E-state index contributed by atoms with van der Waals surface area (Å²) in [5.74, 6) is 0. The van der Waals surface area contributed by atoms with Gasteiger partial charge in [-0.3, -0.25) is 9.78 Å². The first-order valence-electron chi connectivity index (χ1n) is 5.79. The molecule has 2 N–H and O–H groups in total. The van der Waals surface area contributed by atoms with Crippen molar-refractivity contribution in [2.24, 2.45) is 5.73 Å². The standard InChI is InChI=1S/C7H3Cl3O.C7H10N2/c8-5-2-1-4(7(10)11)3-6(5)9;8-5-4-7-3-1-2-6-9-7/h1-3H;1-3,6H,4-5,8H2. The molecule has 0 saturated heterocycles. The molecule has 0 amide bonds. The van der Waals surface area contributed by atoms with Crippen LogP contribution in [0.3, 0.4) is 0 Å². The topological polar surface area (TPSA) is 56.0 Å². The number of pyridine rings is 1. The quantitative estimate of drug-likeness (QED) is 0.866. The van der Waals surface area contributed by atoms with Gasteiger partial charge in [-0.2, -0.15) is 0 Å². The summed E-state index contributed by atoms with van der Waals surface area (Å²) in [6.45, 7) is 0.678. The first-order valence-corrected chi connectivity index (χ1v) is 6.93. The Kier molecular flexibility index (Phi) is 7.55. The molecule has 0 radical (unpaired) electrons. The minimum absolute atomic E-state index is 0.332. The summed E-state index contributed by atoms with van der Waals surface area (Å²) in [4.78, 5) is 14.7. The van der Waals surface area contributed by atoms with Gasteiger partial charge in [-0.25, -0.2) is 0 Å². The van der Waals surface area contributed by atoms with Crippen LogP contribution < -0.4 is 5.73 Å². The summed E-state index contributed by atoms with van der Waals surface area (Å²) in [5.41, 5.74) is 6.74. The van der Waals surface area contributed by atoms with Crippen molar-refractivity contribution in [3.05, 3.63) is 63.9 Å². The molecule has 0 aliphatic rings. The van der Waals surface area contributed by atoms with E-state index in [-0.39, 0.29) is 0 Å². The minimum Gasteiger partial charge on any atom is -0.330 e. The van der Waals surface area contributed by atoms with Crippen molar-refractivity contribution in [3.8, 4) is 0 Å². The predicted molar refractivity (Wildman–Crippen MR) is 83.6 cm³/mol. The van der Waals surface area contributed by atoms with Crippen LogP contribution in [0, 0.1) is 0 Å². The van der Waals surface area contributed by atoms with Gasteiger partial charge in [-0.05, 0) is 48.5 Å². The SMILES string of the molecule is NCCc1ccccn1.O=C(Cl)c1ccc(Cl)c(Cl)c1. The Labute approximate surface area is 132 Å². The number of hydrogen-bond acceptors (Lipinski definition) is 3. The second-order valence-corrected chi connectivity index (χ2v) is 4.92. The van der Waals surface area contributed by atoms with Gasteiger partial charge in [0.25, 0.3) is 5.24 Å². The third-order valence-corrected chi connectivity index (χ3v) is 3.23. The summed E-state index contributed by atoms with van der Waals surface area (Å²) in [6.07, 6.45) is 2.66. The van der Waals surface area contributed by atoms with E-state index in [1.165, 1.54) is 18.2 Å². The second kappa shape index (κ2) is 8.93. The molecule has 1 aromatic heterocycles. The van der Waals surface area contributed by atoms with E-state index in [9.17, 15) is 4.79 Å². The monoisotopic (exact) mass is 330 g/mol.